The fourth-order valence-corrected chi connectivity index (χ4v) is 1.34. The number of hydrogen-bond donors (Lipinski definition) is 1. The average Bonchev–Trinajstić information content (AvgIpc) is 2.04. The SMILES string of the molecule is CC(C)(S)OCCN1CCOCC1. The zero-order chi connectivity index (χ0) is 9.73. The molecule has 78 valence electrons. The molecule has 0 aromatic rings. The highest BCUT2D eigenvalue weighted by molar-refractivity contribution is 7.81. The zero-order valence-corrected chi connectivity index (χ0v) is 9.35. The summed E-state index contributed by atoms with van der Waals surface area (Å²) in [6, 6.07) is 0. The molecular weight excluding hydrogens is 186 g/mol. The Morgan fingerprint density at radius 1 is 1.38 bits per heavy atom. The van der Waals surface area contributed by atoms with Gasteiger partial charge in [0, 0.05) is 19.6 Å². The Morgan fingerprint density at radius 3 is 2.54 bits per heavy atom. The first-order valence-corrected chi connectivity index (χ1v) is 5.19. The van der Waals surface area contributed by atoms with Crippen LogP contribution in [0.15, 0.2) is 0 Å². The van der Waals surface area contributed by atoms with E-state index in [0.717, 1.165) is 39.5 Å². The molecule has 4 heteroatoms. The molecule has 1 rings (SSSR count). The van der Waals surface area contributed by atoms with Crippen LogP contribution in [0.3, 0.4) is 0 Å². The van der Waals surface area contributed by atoms with E-state index in [9.17, 15) is 0 Å². The average molecular weight is 205 g/mol. The molecule has 1 fully saturated rings. The topological polar surface area (TPSA) is 21.7 Å². The number of hydrogen-bond acceptors (Lipinski definition) is 4. The molecule has 1 aliphatic rings. The van der Waals surface area contributed by atoms with E-state index in [-0.39, 0.29) is 4.93 Å². The number of thiol groups is 1. The van der Waals surface area contributed by atoms with Crippen molar-refractivity contribution in [1.29, 1.82) is 0 Å². The lowest BCUT2D eigenvalue weighted by molar-refractivity contribution is 0.00153. The Labute approximate surface area is 85.8 Å². The maximum atomic E-state index is 5.51. The van der Waals surface area contributed by atoms with Gasteiger partial charge in [0.1, 0.15) is 4.93 Å². The minimum atomic E-state index is -0.313. The highest BCUT2D eigenvalue weighted by atomic mass is 32.1. The van der Waals surface area contributed by atoms with Crippen molar-refractivity contribution in [2.75, 3.05) is 39.5 Å². The summed E-state index contributed by atoms with van der Waals surface area (Å²) >= 11 is 4.29. The summed E-state index contributed by atoms with van der Waals surface area (Å²) in [5.41, 5.74) is 0. The zero-order valence-electron chi connectivity index (χ0n) is 8.45. The third-order valence-electron chi connectivity index (χ3n) is 1.97. The van der Waals surface area contributed by atoms with Gasteiger partial charge < -0.3 is 9.47 Å². The van der Waals surface area contributed by atoms with Crippen LogP contribution in [-0.2, 0) is 9.47 Å². The highest BCUT2D eigenvalue weighted by Gasteiger charge is 2.13. The summed E-state index contributed by atoms with van der Waals surface area (Å²) < 4.78 is 10.8. The summed E-state index contributed by atoms with van der Waals surface area (Å²) in [5, 5.41) is 0. The predicted molar refractivity (Wildman–Crippen MR) is 56.3 cm³/mol. The van der Waals surface area contributed by atoms with Crippen molar-refractivity contribution < 1.29 is 9.47 Å². The first kappa shape index (κ1) is 11.3. The largest absolute Gasteiger partial charge is 0.379 e. The monoisotopic (exact) mass is 205 g/mol. The number of morpholine rings is 1. The van der Waals surface area contributed by atoms with Crippen molar-refractivity contribution in [3.8, 4) is 0 Å². The van der Waals surface area contributed by atoms with Gasteiger partial charge in [-0.05, 0) is 13.8 Å². The molecule has 13 heavy (non-hydrogen) atoms. The van der Waals surface area contributed by atoms with Crippen LogP contribution in [0.4, 0.5) is 0 Å². The van der Waals surface area contributed by atoms with Crippen LogP contribution in [0.5, 0.6) is 0 Å². The van der Waals surface area contributed by atoms with E-state index in [1.165, 1.54) is 0 Å². The van der Waals surface area contributed by atoms with Crippen LogP contribution < -0.4 is 0 Å². The summed E-state index contributed by atoms with van der Waals surface area (Å²) in [6.45, 7) is 9.38. The maximum Gasteiger partial charge on any atom is 0.105 e. The van der Waals surface area contributed by atoms with Crippen LogP contribution in [0.1, 0.15) is 13.8 Å². The second-order valence-electron chi connectivity index (χ2n) is 3.75. The minimum absolute atomic E-state index is 0.313. The van der Waals surface area contributed by atoms with Gasteiger partial charge in [-0.15, -0.1) is 12.6 Å². The van der Waals surface area contributed by atoms with Crippen LogP contribution in [-0.4, -0.2) is 49.3 Å². The van der Waals surface area contributed by atoms with Crippen LogP contribution in [0.2, 0.25) is 0 Å². The molecule has 0 amide bonds. The molecule has 0 N–H and O–H groups in total. The molecule has 0 radical (unpaired) electrons. The van der Waals surface area contributed by atoms with Crippen molar-refractivity contribution >= 4 is 12.6 Å². The Bertz CT molecular complexity index is 141. The van der Waals surface area contributed by atoms with Gasteiger partial charge in [0.25, 0.3) is 0 Å². The van der Waals surface area contributed by atoms with E-state index in [1.807, 2.05) is 13.8 Å². The number of rotatable bonds is 4. The molecule has 0 atom stereocenters. The molecule has 0 spiro atoms. The molecule has 0 aliphatic carbocycles. The van der Waals surface area contributed by atoms with Gasteiger partial charge in [-0.25, -0.2) is 0 Å². The van der Waals surface area contributed by atoms with Crippen molar-refractivity contribution in [1.82, 2.24) is 4.90 Å². The van der Waals surface area contributed by atoms with Gasteiger partial charge in [-0.3, -0.25) is 4.90 Å². The lowest BCUT2D eigenvalue weighted by Gasteiger charge is -2.28. The van der Waals surface area contributed by atoms with Gasteiger partial charge in [0.15, 0.2) is 0 Å². The first-order valence-electron chi connectivity index (χ1n) is 4.74. The van der Waals surface area contributed by atoms with Gasteiger partial charge in [0.2, 0.25) is 0 Å². The maximum absolute atomic E-state index is 5.51. The smallest absolute Gasteiger partial charge is 0.105 e. The van der Waals surface area contributed by atoms with Crippen molar-refractivity contribution in [2.24, 2.45) is 0 Å². The summed E-state index contributed by atoms with van der Waals surface area (Å²) in [7, 11) is 0. The van der Waals surface area contributed by atoms with E-state index < -0.39 is 0 Å². The van der Waals surface area contributed by atoms with E-state index in [0.29, 0.717) is 0 Å². The third kappa shape index (κ3) is 5.52. The first-order chi connectivity index (χ1) is 6.08. The van der Waals surface area contributed by atoms with E-state index >= 15 is 0 Å². The van der Waals surface area contributed by atoms with Crippen LogP contribution >= 0.6 is 12.6 Å². The van der Waals surface area contributed by atoms with E-state index in [1.54, 1.807) is 0 Å². The molecule has 1 saturated heterocycles. The molecule has 0 aromatic heterocycles. The second kappa shape index (κ2) is 5.20. The number of ether oxygens (including phenoxy) is 2. The quantitative estimate of drug-likeness (QED) is 0.546. The molecule has 1 heterocycles. The fourth-order valence-electron chi connectivity index (χ4n) is 1.25. The van der Waals surface area contributed by atoms with Gasteiger partial charge in [-0.1, -0.05) is 0 Å². The predicted octanol–water partition coefficient (Wildman–Crippen LogP) is 1.00. The second-order valence-corrected chi connectivity index (χ2v) is 4.83. The summed E-state index contributed by atoms with van der Waals surface area (Å²) in [5.74, 6) is 0. The Morgan fingerprint density at radius 2 is 2.00 bits per heavy atom. The van der Waals surface area contributed by atoms with Gasteiger partial charge in [0.05, 0.1) is 19.8 Å². The molecule has 0 aromatic carbocycles. The summed E-state index contributed by atoms with van der Waals surface area (Å²) in [6.07, 6.45) is 0. The lowest BCUT2D eigenvalue weighted by atomic mass is 10.4. The molecular formula is C9H19NO2S. The molecule has 0 saturated carbocycles. The standard InChI is InChI=1S/C9H19NO2S/c1-9(2,13)12-8-5-10-3-6-11-7-4-10/h13H,3-8H2,1-2H3. The molecule has 0 unspecified atom stereocenters. The molecule has 1 aliphatic heterocycles. The van der Waals surface area contributed by atoms with Crippen LogP contribution in [0, 0.1) is 0 Å². The Kier molecular flexibility index (Phi) is 4.52. The number of nitrogens with zero attached hydrogens (tertiary/aromatic N) is 1. The molecule has 3 nitrogen and oxygen atoms in total. The minimum Gasteiger partial charge on any atom is -0.379 e. The van der Waals surface area contributed by atoms with E-state index in [4.69, 9.17) is 9.47 Å². The van der Waals surface area contributed by atoms with Crippen molar-refractivity contribution in [3.05, 3.63) is 0 Å². The Hall–Kier alpha value is 0.230. The highest BCUT2D eigenvalue weighted by Crippen LogP contribution is 2.12. The fraction of sp³-hybridized carbons (Fsp3) is 1.00. The lowest BCUT2D eigenvalue weighted by Crippen LogP contribution is -2.39. The Balaban J connectivity index is 2.04. The van der Waals surface area contributed by atoms with Crippen molar-refractivity contribution in [2.45, 2.75) is 18.8 Å². The van der Waals surface area contributed by atoms with Gasteiger partial charge in [-0.2, -0.15) is 0 Å². The van der Waals surface area contributed by atoms with Crippen molar-refractivity contribution in [3.63, 3.8) is 0 Å². The van der Waals surface area contributed by atoms with Gasteiger partial charge >= 0.3 is 0 Å². The summed E-state index contributed by atoms with van der Waals surface area (Å²) in [4.78, 5) is 2.04. The normalized spacial score (nSPS) is 20.5. The third-order valence-corrected chi connectivity index (χ3v) is 2.10. The van der Waals surface area contributed by atoms with Crippen LogP contribution in [0.25, 0.3) is 0 Å². The molecule has 0 bridgehead atoms. The van der Waals surface area contributed by atoms with E-state index in [2.05, 4.69) is 17.5 Å².